The highest BCUT2D eigenvalue weighted by Crippen LogP contribution is 2.35. The number of imide groups is 1. The number of nitrogens with zero attached hydrogens (tertiary/aromatic N) is 2. The molecule has 10 heteroatoms. The minimum atomic E-state index is -0.502. The largest absolute Gasteiger partial charge is 0.493 e. The van der Waals surface area contributed by atoms with Gasteiger partial charge in [-0.2, -0.15) is 0 Å². The molecule has 0 saturated carbocycles. The fourth-order valence-corrected chi connectivity index (χ4v) is 4.95. The number of halogens is 1. The van der Waals surface area contributed by atoms with E-state index in [-0.39, 0.29) is 11.4 Å². The summed E-state index contributed by atoms with van der Waals surface area (Å²) in [6.45, 7) is 4.87. The molecule has 0 aliphatic carbocycles. The van der Waals surface area contributed by atoms with Gasteiger partial charge in [-0.1, -0.05) is 35.0 Å². The summed E-state index contributed by atoms with van der Waals surface area (Å²) < 4.78 is 12.0. The van der Waals surface area contributed by atoms with Gasteiger partial charge in [0, 0.05) is 23.1 Å². The average molecular weight is 560 g/mol. The molecule has 2 aromatic rings. The van der Waals surface area contributed by atoms with Gasteiger partial charge < -0.3 is 19.7 Å². The maximum atomic E-state index is 13.0. The van der Waals surface area contributed by atoms with Crippen molar-refractivity contribution in [3.63, 3.8) is 0 Å². The van der Waals surface area contributed by atoms with E-state index in [0.717, 1.165) is 46.3 Å². The van der Waals surface area contributed by atoms with Crippen molar-refractivity contribution in [2.45, 2.75) is 13.3 Å². The zero-order valence-electron chi connectivity index (χ0n) is 19.3. The van der Waals surface area contributed by atoms with E-state index in [1.54, 1.807) is 6.08 Å². The number of benzene rings is 2. The van der Waals surface area contributed by atoms with E-state index >= 15 is 0 Å². The van der Waals surface area contributed by atoms with Gasteiger partial charge in [0.25, 0.3) is 11.1 Å². The second-order valence-corrected chi connectivity index (χ2v) is 9.87. The van der Waals surface area contributed by atoms with Crippen LogP contribution >= 0.6 is 27.7 Å². The highest BCUT2D eigenvalue weighted by Gasteiger charge is 2.36. The molecule has 0 spiro atoms. The number of ether oxygens (including phenoxy) is 2. The minimum absolute atomic E-state index is 0.246. The molecule has 3 amide bonds. The van der Waals surface area contributed by atoms with Crippen LogP contribution in [0, 0.1) is 0 Å². The third-order valence-corrected chi connectivity index (χ3v) is 6.83. The molecule has 2 heterocycles. The zero-order valence-corrected chi connectivity index (χ0v) is 21.7. The lowest BCUT2D eigenvalue weighted by Crippen LogP contribution is -2.38. The van der Waals surface area contributed by atoms with Crippen molar-refractivity contribution in [3.05, 3.63) is 57.4 Å². The average Bonchev–Trinajstić information content (AvgIpc) is 3.11. The van der Waals surface area contributed by atoms with E-state index in [2.05, 4.69) is 26.1 Å². The second kappa shape index (κ2) is 11.7. The SMILES string of the molecule is CCCOc1ccc(Br)cc1/C=C1/SC(=O)N(CC(=O)Nc2ccccc2N2CCOCC2)C1=O. The highest BCUT2D eigenvalue weighted by molar-refractivity contribution is 9.10. The van der Waals surface area contributed by atoms with E-state index in [4.69, 9.17) is 9.47 Å². The summed E-state index contributed by atoms with van der Waals surface area (Å²) >= 11 is 4.25. The number of nitrogens with one attached hydrogen (secondary N) is 1. The van der Waals surface area contributed by atoms with Crippen molar-refractivity contribution in [2.75, 3.05) is 49.7 Å². The predicted molar refractivity (Wildman–Crippen MR) is 141 cm³/mol. The van der Waals surface area contributed by atoms with Crippen LogP contribution in [-0.2, 0) is 14.3 Å². The van der Waals surface area contributed by atoms with Gasteiger partial charge in [0.1, 0.15) is 12.3 Å². The molecule has 2 fully saturated rings. The van der Waals surface area contributed by atoms with Crippen LogP contribution in [0.4, 0.5) is 16.2 Å². The number of para-hydroxylation sites is 2. The van der Waals surface area contributed by atoms with Crippen molar-refractivity contribution in [3.8, 4) is 5.75 Å². The monoisotopic (exact) mass is 559 g/mol. The third-order valence-electron chi connectivity index (χ3n) is 5.43. The van der Waals surface area contributed by atoms with Crippen LogP contribution in [0.1, 0.15) is 18.9 Å². The standard InChI is InChI=1S/C25H26BrN3O5S/c1-2-11-34-21-8-7-18(26)14-17(21)15-22-24(31)29(25(32)35-22)16-23(30)27-19-5-3-4-6-20(19)28-9-12-33-13-10-28/h3-8,14-15H,2,9-13,16H2,1H3,(H,27,30)/b22-15+. The first-order chi connectivity index (χ1) is 17.0. The van der Waals surface area contributed by atoms with Crippen molar-refractivity contribution in [1.82, 2.24) is 4.90 Å². The molecule has 0 aromatic heterocycles. The summed E-state index contributed by atoms with van der Waals surface area (Å²) in [4.78, 5) is 41.8. The zero-order chi connectivity index (χ0) is 24.8. The summed E-state index contributed by atoms with van der Waals surface area (Å²) in [6.07, 6.45) is 2.47. The molecule has 4 rings (SSSR count). The Bertz CT molecular complexity index is 1150. The quantitative estimate of drug-likeness (QED) is 0.467. The van der Waals surface area contributed by atoms with Crippen LogP contribution < -0.4 is 15.0 Å². The van der Waals surface area contributed by atoms with Gasteiger partial charge in [-0.25, -0.2) is 0 Å². The Labute approximate surface area is 216 Å². The van der Waals surface area contributed by atoms with Crippen LogP contribution in [0.5, 0.6) is 5.75 Å². The molecule has 1 N–H and O–H groups in total. The molecule has 0 unspecified atom stereocenters. The molecule has 0 atom stereocenters. The van der Waals surface area contributed by atoms with Crippen molar-refractivity contribution >= 4 is 62.2 Å². The van der Waals surface area contributed by atoms with Gasteiger partial charge >= 0.3 is 0 Å². The minimum Gasteiger partial charge on any atom is -0.493 e. The number of thioether (sulfide) groups is 1. The molecular weight excluding hydrogens is 534 g/mol. The molecule has 2 aliphatic rings. The summed E-state index contributed by atoms with van der Waals surface area (Å²) in [5, 5.41) is 2.38. The lowest BCUT2D eigenvalue weighted by molar-refractivity contribution is -0.127. The van der Waals surface area contributed by atoms with Crippen LogP contribution in [0.2, 0.25) is 0 Å². The number of amides is 3. The summed E-state index contributed by atoms with van der Waals surface area (Å²) in [5.74, 6) is -0.318. The van der Waals surface area contributed by atoms with E-state index in [0.29, 0.717) is 36.8 Å². The first kappa shape index (κ1) is 25.3. The fraction of sp³-hybridized carbons (Fsp3) is 0.320. The number of hydrogen-bond acceptors (Lipinski definition) is 7. The van der Waals surface area contributed by atoms with E-state index in [9.17, 15) is 14.4 Å². The number of carbonyl (C=O) groups is 3. The Morgan fingerprint density at radius 3 is 2.74 bits per heavy atom. The lowest BCUT2D eigenvalue weighted by atomic mass is 10.2. The highest BCUT2D eigenvalue weighted by atomic mass is 79.9. The van der Waals surface area contributed by atoms with Gasteiger partial charge in [-0.3, -0.25) is 19.3 Å². The second-order valence-electron chi connectivity index (χ2n) is 7.96. The molecule has 8 nitrogen and oxygen atoms in total. The predicted octanol–water partition coefficient (Wildman–Crippen LogP) is 4.75. The Balaban J connectivity index is 1.46. The van der Waals surface area contributed by atoms with Crippen molar-refractivity contribution in [1.29, 1.82) is 0 Å². The van der Waals surface area contributed by atoms with Crippen LogP contribution in [-0.4, -0.2) is 61.4 Å². The number of anilines is 2. The Hall–Kier alpha value is -2.82. The smallest absolute Gasteiger partial charge is 0.294 e. The maximum absolute atomic E-state index is 13.0. The number of hydrogen-bond donors (Lipinski definition) is 1. The number of morpholine rings is 1. The molecule has 0 radical (unpaired) electrons. The summed E-state index contributed by atoms with van der Waals surface area (Å²) in [5.41, 5.74) is 2.20. The Morgan fingerprint density at radius 1 is 1.20 bits per heavy atom. The van der Waals surface area contributed by atoms with Gasteiger partial charge in [0.05, 0.1) is 36.1 Å². The summed E-state index contributed by atoms with van der Waals surface area (Å²) in [6, 6.07) is 13.0. The van der Waals surface area contributed by atoms with Gasteiger partial charge in [-0.05, 0) is 54.6 Å². The molecule has 184 valence electrons. The van der Waals surface area contributed by atoms with Crippen LogP contribution in [0.3, 0.4) is 0 Å². The van der Waals surface area contributed by atoms with E-state index in [1.165, 1.54) is 0 Å². The first-order valence-corrected chi connectivity index (χ1v) is 13.0. The summed E-state index contributed by atoms with van der Waals surface area (Å²) in [7, 11) is 0. The van der Waals surface area contributed by atoms with Crippen LogP contribution in [0.25, 0.3) is 6.08 Å². The Morgan fingerprint density at radius 2 is 1.97 bits per heavy atom. The molecule has 2 saturated heterocycles. The topological polar surface area (TPSA) is 88.2 Å². The van der Waals surface area contributed by atoms with Crippen LogP contribution in [0.15, 0.2) is 51.8 Å². The third kappa shape index (κ3) is 6.25. The van der Waals surface area contributed by atoms with Crippen molar-refractivity contribution in [2.24, 2.45) is 0 Å². The Kier molecular flexibility index (Phi) is 8.48. The molecule has 35 heavy (non-hydrogen) atoms. The first-order valence-electron chi connectivity index (χ1n) is 11.4. The fourth-order valence-electron chi connectivity index (χ4n) is 3.75. The van der Waals surface area contributed by atoms with Gasteiger partial charge in [0.2, 0.25) is 5.91 Å². The molecule has 0 bridgehead atoms. The number of carbonyl (C=O) groups excluding carboxylic acids is 3. The molecular formula is C25H26BrN3O5S. The number of rotatable bonds is 8. The van der Waals surface area contributed by atoms with Gasteiger partial charge in [-0.15, -0.1) is 0 Å². The maximum Gasteiger partial charge on any atom is 0.294 e. The molecule has 2 aromatic carbocycles. The molecule has 2 aliphatic heterocycles. The van der Waals surface area contributed by atoms with Gasteiger partial charge in [0.15, 0.2) is 0 Å². The normalized spacial score (nSPS) is 17.3. The van der Waals surface area contributed by atoms with E-state index < -0.39 is 17.1 Å². The lowest BCUT2D eigenvalue weighted by Gasteiger charge is -2.30. The van der Waals surface area contributed by atoms with E-state index in [1.807, 2.05) is 49.4 Å². The van der Waals surface area contributed by atoms with Crippen molar-refractivity contribution < 1.29 is 23.9 Å².